The number of unbranched alkanes of at least 4 members (excludes halogenated alkanes) is 2. The lowest BCUT2D eigenvalue weighted by molar-refractivity contribution is -0.149. The number of amides is 4. The second-order valence-corrected chi connectivity index (χ2v) is 9.23. The molecular weight excluding hydrogens is 470 g/mol. The smallest absolute Gasteiger partial charge is 0.326 e. The average molecular weight is 514 g/mol. The maximum absolute atomic E-state index is 13.1. The van der Waals surface area contributed by atoms with Gasteiger partial charge in [0.25, 0.3) is 0 Å². The first-order valence-electron chi connectivity index (χ1n) is 12.6. The number of hydrogen-bond acceptors (Lipinski definition) is 8. The molecule has 0 radical (unpaired) electrons. The molecule has 1 aliphatic heterocycles. The van der Waals surface area contributed by atoms with Crippen LogP contribution in [-0.4, -0.2) is 89.4 Å². The van der Waals surface area contributed by atoms with E-state index in [1.807, 2.05) is 0 Å². The van der Waals surface area contributed by atoms with Crippen molar-refractivity contribution < 1.29 is 29.1 Å². The van der Waals surface area contributed by atoms with Gasteiger partial charge in [0.2, 0.25) is 23.6 Å². The number of carbonyl (C=O) groups is 5. The molecule has 0 aromatic heterocycles. The van der Waals surface area contributed by atoms with Crippen LogP contribution in [0.4, 0.5) is 0 Å². The maximum atomic E-state index is 13.1. The third-order valence-electron chi connectivity index (χ3n) is 6.19. The maximum Gasteiger partial charge on any atom is 0.326 e. The van der Waals surface area contributed by atoms with Gasteiger partial charge in [0.05, 0.1) is 6.04 Å². The molecule has 36 heavy (non-hydrogen) atoms. The van der Waals surface area contributed by atoms with Crippen LogP contribution in [0.15, 0.2) is 0 Å². The summed E-state index contributed by atoms with van der Waals surface area (Å²) in [4.78, 5) is 63.4. The van der Waals surface area contributed by atoms with Gasteiger partial charge < -0.3 is 43.2 Å². The van der Waals surface area contributed by atoms with Gasteiger partial charge in [-0.3, -0.25) is 19.2 Å². The molecule has 0 aliphatic carbocycles. The van der Waals surface area contributed by atoms with Crippen LogP contribution in [-0.2, 0) is 24.0 Å². The van der Waals surface area contributed by atoms with Gasteiger partial charge in [-0.15, -0.1) is 0 Å². The Morgan fingerprint density at radius 2 is 1.39 bits per heavy atom. The Kier molecular flexibility index (Phi) is 14.0. The summed E-state index contributed by atoms with van der Waals surface area (Å²) in [5.74, 6) is -3.21. The van der Waals surface area contributed by atoms with E-state index in [4.69, 9.17) is 17.2 Å². The van der Waals surface area contributed by atoms with Gasteiger partial charge in [-0.1, -0.05) is 6.42 Å². The Bertz CT molecular complexity index is 765. The Hall–Kier alpha value is -2.77. The predicted molar refractivity (Wildman–Crippen MR) is 133 cm³/mol. The fourth-order valence-electron chi connectivity index (χ4n) is 3.96. The molecule has 0 aromatic rings. The number of nitrogens with two attached hydrogens (primary N) is 3. The number of hydrogen-bond donors (Lipinski definition) is 7. The van der Waals surface area contributed by atoms with Crippen molar-refractivity contribution in [3.05, 3.63) is 0 Å². The van der Waals surface area contributed by atoms with Crippen LogP contribution in [0, 0.1) is 0 Å². The number of carboxylic acids is 1. The van der Waals surface area contributed by atoms with E-state index in [2.05, 4.69) is 16.0 Å². The molecule has 1 heterocycles. The van der Waals surface area contributed by atoms with Crippen molar-refractivity contribution in [2.24, 2.45) is 17.2 Å². The summed E-state index contributed by atoms with van der Waals surface area (Å²) in [6.45, 7) is 4.16. The molecule has 1 saturated heterocycles. The molecular formula is C23H43N7O6. The van der Waals surface area contributed by atoms with Crippen LogP contribution in [0.5, 0.6) is 0 Å². The molecule has 0 aromatic carbocycles. The Morgan fingerprint density at radius 3 is 1.94 bits per heavy atom. The van der Waals surface area contributed by atoms with Gasteiger partial charge in [-0.25, -0.2) is 4.79 Å². The van der Waals surface area contributed by atoms with Gasteiger partial charge in [-0.05, 0) is 71.9 Å². The molecule has 13 nitrogen and oxygen atoms in total. The number of nitrogens with zero attached hydrogens (tertiary/aromatic N) is 1. The summed E-state index contributed by atoms with van der Waals surface area (Å²) in [7, 11) is 0. The van der Waals surface area contributed by atoms with E-state index < -0.39 is 59.8 Å². The summed E-state index contributed by atoms with van der Waals surface area (Å²) in [5, 5.41) is 17.1. The monoisotopic (exact) mass is 513 g/mol. The second-order valence-electron chi connectivity index (χ2n) is 9.23. The van der Waals surface area contributed by atoms with Gasteiger partial charge in [0.1, 0.15) is 24.2 Å². The number of likely N-dealkylation sites (tertiary alicyclic amines) is 1. The van der Waals surface area contributed by atoms with E-state index in [1.54, 1.807) is 0 Å². The zero-order valence-electron chi connectivity index (χ0n) is 21.3. The van der Waals surface area contributed by atoms with E-state index in [0.717, 1.165) is 6.42 Å². The number of carboxylic acid groups (broad SMARTS) is 1. The fourth-order valence-corrected chi connectivity index (χ4v) is 3.96. The third-order valence-corrected chi connectivity index (χ3v) is 6.19. The van der Waals surface area contributed by atoms with Gasteiger partial charge in [0, 0.05) is 6.54 Å². The van der Waals surface area contributed by atoms with Crippen molar-refractivity contribution in [1.82, 2.24) is 20.9 Å². The van der Waals surface area contributed by atoms with E-state index >= 15 is 0 Å². The normalized spacial score (nSPS) is 18.6. The SMILES string of the molecule is C[C@H](NC(=O)[C@H](C)NC(=O)[C@@H](N)CCCCN)C(=O)N[C@@H](CCCCN)C(=O)N1CCC[C@H]1C(=O)O. The molecule has 10 N–H and O–H groups in total. The minimum atomic E-state index is -1.08. The lowest BCUT2D eigenvalue weighted by Gasteiger charge is -2.28. The Morgan fingerprint density at radius 1 is 0.861 bits per heavy atom. The first-order chi connectivity index (χ1) is 17.0. The predicted octanol–water partition coefficient (Wildman–Crippen LogP) is -1.86. The van der Waals surface area contributed by atoms with Crippen LogP contribution in [0.25, 0.3) is 0 Å². The van der Waals surface area contributed by atoms with Crippen LogP contribution >= 0.6 is 0 Å². The molecule has 13 heteroatoms. The molecule has 1 rings (SSSR count). The van der Waals surface area contributed by atoms with Crippen molar-refractivity contribution in [3.8, 4) is 0 Å². The van der Waals surface area contributed by atoms with Crippen molar-refractivity contribution in [2.45, 2.75) is 95.4 Å². The first-order valence-corrected chi connectivity index (χ1v) is 12.6. The van der Waals surface area contributed by atoms with E-state index in [9.17, 15) is 29.1 Å². The zero-order valence-corrected chi connectivity index (χ0v) is 21.3. The van der Waals surface area contributed by atoms with Crippen LogP contribution in [0.2, 0.25) is 0 Å². The number of rotatable bonds is 16. The minimum absolute atomic E-state index is 0.291. The Labute approximate surface area is 212 Å². The third kappa shape index (κ3) is 10.1. The Balaban J connectivity index is 2.70. The summed E-state index contributed by atoms with van der Waals surface area (Å²) in [6, 6.07) is -4.57. The molecule has 206 valence electrons. The average Bonchev–Trinajstić information content (AvgIpc) is 3.33. The molecule has 1 fully saturated rings. The standard InChI is InChI=1S/C23H43N7O6/c1-14(28-21(33)16(26)8-3-5-11-24)19(31)27-15(2)20(32)29-17(9-4-6-12-25)22(34)30-13-7-10-18(30)23(35)36/h14-18H,3-13,24-26H2,1-2H3,(H,27,31)(H,28,33)(H,29,32)(H,35,36)/t14-,15-,16-,17-,18-/m0/s1. The lowest BCUT2D eigenvalue weighted by Crippen LogP contribution is -2.57. The molecule has 0 unspecified atom stereocenters. The second kappa shape index (κ2) is 16.1. The van der Waals surface area contributed by atoms with Crippen molar-refractivity contribution in [3.63, 3.8) is 0 Å². The molecule has 4 amide bonds. The van der Waals surface area contributed by atoms with Crippen molar-refractivity contribution >= 4 is 29.6 Å². The molecule has 0 saturated carbocycles. The highest BCUT2D eigenvalue weighted by atomic mass is 16.4. The van der Waals surface area contributed by atoms with Crippen molar-refractivity contribution in [2.75, 3.05) is 19.6 Å². The van der Waals surface area contributed by atoms with E-state index in [1.165, 1.54) is 18.7 Å². The molecule has 1 aliphatic rings. The van der Waals surface area contributed by atoms with Crippen LogP contribution in [0.1, 0.15) is 65.2 Å². The quantitative estimate of drug-likeness (QED) is 0.115. The zero-order chi connectivity index (χ0) is 27.3. The lowest BCUT2D eigenvalue weighted by atomic mass is 10.1. The summed E-state index contributed by atoms with van der Waals surface area (Å²) >= 11 is 0. The first kappa shape index (κ1) is 31.3. The minimum Gasteiger partial charge on any atom is -0.480 e. The van der Waals surface area contributed by atoms with Crippen molar-refractivity contribution in [1.29, 1.82) is 0 Å². The largest absolute Gasteiger partial charge is 0.480 e. The molecule has 0 spiro atoms. The highest BCUT2D eigenvalue weighted by Crippen LogP contribution is 2.20. The van der Waals surface area contributed by atoms with Crippen LogP contribution < -0.4 is 33.2 Å². The highest BCUT2D eigenvalue weighted by molar-refractivity contribution is 5.95. The van der Waals surface area contributed by atoms with Gasteiger partial charge >= 0.3 is 5.97 Å². The number of carbonyl (C=O) groups excluding carboxylic acids is 4. The van der Waals surface area contributed by atoms with Gasteiger partial charge in [-0.2, -0.15) is 0 Å². The fraction of sp³-hybridized carbons (Fsp3) is 0.783. The summed E-state index contributed by atoms with van der Waals surface area (Å²) in [5.41, 5.74) is 16.8. The van der Waals surface area contributed by atoms with Gasteiger partial charge in [0.15, 0.2) is 0 Å². The van der Waals surface area contributed by atoms with E-state index in [0.29, 0.717) is 64.6 Å². The number of nitrogens with one attached hydrogen (secondary N) is 3. The highest BCUT2D eigenvalue weighted by Gasteiger charge is 2.38. The summed E-state index contributed by atoms with van der Waals surface area (Å²) < 4.78 is 0. The summed E-state index contributed by atoms with van der Waals surface area (Å²) in [6.07, 6.45) is 4.30. The van der Waals surface area contributed by atoms with E-state index in [-0.39, 0.29) is 0 Å². The molecule has 5 atom stereocenters. The van der Waals surface area contributed by atoms with Crippen LogP contribution in [0.3, 0.4) is 0 Å². The topological polar surface area (TPSA) is 223 Å². The number of aliphatic carboxylic acids is 1. The molecule has 0 bridgehead atoms.